The number of aliphatic hydroxyl groups excluding tert-OH is 1. The van der Waals surface area contributed by atoms with Crippen LogP contribution in [0.1, 0.15) is 5.56 Å². The van der Waals surface area contributed by atoms with Crippen LogP contribution in [0.25, 0.3) is 16.8 Å². The normalized spacial score (nSPS) is 10.8. The van der Waals surface area contributed by atoms with Gasteiger partial charge in [-0.3, -0.25) is 0 Å². The zero-order valence-corrected chi connectivity index (χ0v) is 11.0. The number of aliphatic hydroxyl groups is 1. The number of rotatable bonds is 3. The maximum Gasteiger partial charge on any atom is 0.152 e. The molecule has 1 heterocycles. The largest absolute Gasteiger partial charge is 0.392 e. The number of nitrogens with zero attached hydrogens (tertiary/aromatic N) is 2. The molecule has 0 aliphatic carbocycles. The highest BCUT2D eigenvalue weighted by Gasteiger charge is 2.14. The Balaban J connectivity index is 2.05. The summed E-state index contributed by atoms with van der Waals surface area (Å²) in [7, 11) is 0. The van der Waals surface area contributed by atoms with Crippen molar-refractivity contribution in [3.05, 3.63) is 72.1 Å². The molecular formula is C16H12F2N2O. The molecule has 21 heavy (non-hydrogen) atoms. The summed E-state index contributed by atoms with van der Waals surface area (Å²) >= 11 is 0. The third kappa shape index (κ3) is 2.55. The van der Waals surface area contributed by atoms with Gasteiger partial charge in [0, 0.05) is 11.8 Å². The van der Waals surface area contributed by atoms with Gasteiger partial charge >= 0.3 is 0 Å². The Kier molecular flexibility index (Phi) is 3.50. The third-order valence-corrected chi connectivity index (χ3v) is 3.18. The van der Waals surface area contributed by atoms with Gasteiger partial charge in [-0.25, -0.2) is 13.5 Å². The van der Waals surface area contributed by atoms with Crippen LogP contribution in [0, 0.1) is 11.6 Å². The number of halogens is 2. The second kappa shape index (κ2) is 5.46. The molecule has 106 valence electrons. The van der Waals surface area contributed by atoms with Crippen LogP contribution >= 0.6 is 0 Å². The van der Waals surface area contributed by atoms with E-state index in [0.717, 1.165) is 27.9 Å². The molecule has 0 saturated heterocycles. The molecular weight excluding hydrogens is 274 g/mol. The summed E-state index contributed by atoms with van der Waals surface area (Å²) in [6.07, 6.45) is 3.11. The van der Waals surface area contributed by atoms with Crippen molar-refractivity contribution in [2.45, 2.75) is 6.61 Å². The summed E-state index contributed by atoms with van der Waals surface area (Å²) in [5, 5.41) is 13.0. The van der Waals surface area contributed by atoms with E-state index in [0.29, 0.717) is 0 Å². The van der Waals surface area contributed by atoms with Crippen molar-refractivity contribution in [1.82, 2.24) is 9.78 Å². The van der Waals surface area contributed by atoms with Crippen LogP contribution in [0.15, 0.2) is 54.9 Å². The number of aromatic nitrogens is 2. The van der Waals surface area contributed by atoms with E-state index in [9.17, 15) is 8.78 Å². The van der Waals surface area contributed by atoms with Crippen molar-refractivity contribution in [2.24, 2.45) is 0 Å². The van der Waals surface area contributed by atoms with Gasteiger partial charge in [-0.05, 0) is 23.3 Å². The van der Waals surface area contributed by atoms with Gasteiger partial charge < -0.3 is 5.11 Å². The first-order valence-corrected chi connectivity index (χ1v) is 6.38. The molecule has 1 N–H and O–H groups in total. The Bertz CT molecular complexity index is 746. The van der Waals surface area contributed by atoms with Crippen LogP contribution in [-0.2, 0) is 6.61 Å². The van der Waals surface area contributed by atoms with E-state index in [1.165, 1.54) is 0 Å². The lowest BCUT2D eigenvalue weighted by atomic mass is 10.1. The molecule has 0 atom stereocenters. The van der Waals surface area contributed by atoms with E-state index in [1.807, 2.05) is 30.3 Å². The van der Waals surface area contributed by atoms with Crippen LogP contribution in [0.2, 0.25) is 0 Å². The van der Waals surface area contributed by atoms with Gasteiger partial charge in [-0.1, -0.05) is 30.3 Å². The molecule has 0 spiro atoms. The molecule has 0 amide bonds. The molecule has 0 aliphatic rings. The predicted molar refractivity (Wildman–Crippen MR) is 74.8 cm³/mol. The lowest BCUT2D eigenvalue weighted by Crippen LogP contribution is -2.03. The first kappa shape index (κ1) is 13.5. The van der Waals surface area contributed by atoms with Gasteiger partial charge in [0.05, 0.1) is 12.8 Å². The third-order valence-electron chi connectivity index (χ3n) is 3.18. The van der Waals surface area contributed by atoms with Crippen LogP contribution in [0.5, 0.6) is 0 Å². The van der Waals surface area contributed by atoms with Gasteiger partial charge in [-0.15, -0.1) is 0 Å². The molecule has 3 rings (SSSR count). The maximum absolute atomic E-state index is 14.0. The van der Waals surface area contributed by atoms with Crippen LogP contribution in [-0.4, -0.2) is 14.9 Å². The Morgan fingerprint density at radius 1 is 1.00 bits per heavy atom. The highest BCUT2D eigenvalue weighted by molar-refractivity contribution is 5.62. The summed E-state index contributed by atoms with van der Waals surface area (Å²) in [4.78, 5) is 0. The van der Waals surface area contributed by atoms with Crippen LogP contribution in [0.3, 0.4) is 0 Å². The second-order valence-electron chi connectivity index (χ2n) is 4.61. The van der Waals surface area contributed by atoms with Crippen molar-refractivity contribution in [2.75, 3.05) is 0 Å². The van der Waals surface area contributed by atoms with E-state index >= 15 is 0 Å². The van der Waals surface area contributed by atoms with E-state index < -0.39 is 18.2 Å². The Hall–Kier alpha value is -2.53. The summed E-state index contributed by atoms with van der Waals surface area (Å²) in [5.41, 5.74) is 1.61. The molecule has 0 bridgehead atoms. The van der Waals surface area contributed by atoms with Crippen molar-refractivity contribution in [3.8, 4) is 16.8 Å². The Labute approximate surface area is 120 Å². The van der Waals surface area contributed by atoms with Gasteiger partial charge in [-0.2, -0.15) is 5.10 Å². The van der Waals surface area contributed by atoms with Crippen molar-refractivity contribution >= 4 is 0 Å². The van der Waals surface area contributed by atoms with Crippen molar-refractivity contribution in [1.29, 1.82) is 0 Å². The summed E-state index contributed by atoms with van der Waals surface area (Å²) in [5.74, 6) is -1.52. The number of benzene rings is 2. The molecule has 0 fully saturated rings. The molecule has 0 aliphatic heterocycles. The summed E-state index contributed by atoms with van der Waals surface area (Å²) in [6.45, 7) is -0.414. The van der Waals surface area contributed by atoms with Crippen molar-refractivity contribution in [3.63, 3.8) is 0 Å². The Morgan fingerprint density at radius 2 is 1.67 bits per heavy atom. The number of hydrogen-bond donors (Lipinski definition) is 1. The highest BCUT2D eigenvalue weighted by Crippen LogP contribution is 2.23. The first-order valence-electron chi connectivity index (χ1n) is 6.38. The van der Waals surface area contributed by atoms with Gasteiger partial charge in [0.15, 0.2) is 11.6 Å². The van der Waals surface area contributed by atoms with Gasteiger partial charge in [0.2, 0.25) is 0 Å². The fourth-order valence-electron chi connectivity index (χ4n) is 2.15. The zero-order valence-electron chi connectivity index (χ0n) is 11.0. The smallest absolute Gasteiger partial charge is 0.152 e. The summed E-state index contributed by atoms with van der Waals surface area (Å²) in [6, 6.07) is 11.6. The first-order chi connectivity index (χ1) is 10.2. The van der Waals surface area contributed by atoms with Crippen molar-refractivity contribution < 1.29 is 13.9 Å². The Morgan fingerprint density at radius 3 is 2.29 bits per heavy atom. The highest BCUT2D eigenvalue weighted by atomic mass is 19.1. The van der Waals surface area contributed by atoms with Crippen LogP contribution < -0.4 is 0 Å². The van der Waals surface area contributed by atoms with Crippen LogP contribution in [0.4, 0.5) is 8.78 Å². The van der Waals surface area contributed by atoms with E-state index in [4.69, 9.17) is 5.11 Å². The lowest BCUT2D eigenvalue weighted by Gasteiger charge is -2.06. The standard InChI is InChI=1S/C16H12F2N2O/c17-14-6-11(10-21)7-15(18)16(14)20-9-13(8-19-20)12-4-2-1-3-5-12/h1-9,21H,10H2. The fraction of sp³-hybridized carbons (Fsp3) is 0.0625. The van der Waals surface area contributed by atoms with Gasteiger partial charge in [0.1, 0.15) is 5.69 Å². The quantitative estimate of drug-likeness (QED) is 0.802. The van der Waals surface area contributed by atoms with E-state index in [2.05, 4.69) is 5.10 Å². The summed E-state index contributed by atoms with van der Waals surface area (Å²) < 4.78 is 29.1. The molecule has 1 aromatic heterocycles. The molecule has 3 aromatic rings. The second-order valence-corrected chi connectivity index (χ2v) is 4.61. The fourth-order valence-corrected chi connectivity index (χ4v) is 2.15. The molecule has 0 saturated carbocycles. The molecule has 3 nitrogen and oxygen atoms in total. The van der Waals surface area contributed by atoms with E-state index in [1.54, 1.807) is 12.4 Å². The average molecular weight is 286 g/mol. The minimum atomic E-state index is -0.762. The molecule has 0 radical (unpaired) electrons. The SMILES string of the molecule is OCc1cc(F)c(-n2cc(-c3ccccc3)cn2)c(F)c1. The maximum atomic E-state index is 14.0. The lowest BCUT2D eigenvalue weighted by molar-refractivity contribution is 0.280. The molecule has 0 unspecified atom stereocenters. The zero-order chi connectivity index (χ0) is 14.8. The topological polar surface area (TPSA) is 38.0 Å². The minimum Gasteiger partial charge on any atom is -0.392 e. The number of hydrogen-bond acceptors (Lipinski definition) is 2. The van der Waals surface area contributed by atoms with Gasteiger partial charge in [0.25, 0.3) is 0 Å². The minimum absolute atomic E-state index is 0.184. The monoisotopic (exact) mass is 286 g/mol. The average Bonchev–Trinajstić information content (AvgIpc) is 2.97. The predicted octanol–water partition coefficient (Wildman–Crippen LogP) is 3.31. The molecule has 2 aromatic carbocycles. The van der Waals surface area contributed by atoms with E-state index in [-0.39, 0.29) is 11.3 Å². The molecule has 5 heteroatoms.